The molecule has 0 aliphatic carbocycles. The lowest BCUT2D eigenvalue weighted by atomic mass is 10.4. The minimum Gasteiger partial charge on any atom is -0.358 e. The van der Waals surface area contributed by atoms with Crippen molar-refractivity contribution in [1.29, 1.82) is 0 Å². The largest absolute Gasteiger partial charge is 0.358 e. The summed E-state index contributed by atoms with van der Waals surface area (Å²) in [4.78, 5) is 2.14. The summed E-state index contributed by atoms with van der Waals surface area (Å²) in [5, 5.41) is 11.0. The van der Waals surface area contributed by atoms with Gasteiger partial charge in [-0.1, -0.05) is 5.21 Å². The average Bonchev–Trinajstić information content (AvgIpc) is 2.46. The molecule has 5 nitrogen and oxygen atoms in total. The molecule has 0 bridgehead atoms. The predicted molar refractivity (Wildman–Crippen MR) is 60.5 cm³/mol. The Morgan fingerprint density at radius 2 is 2.29 bits per heavy atom. The van der Waals surface area contributed by atoms with Gasteiger partial charge in [-0.25, -0.2) is 4.68 Å². The quantitative estimate of drug-likeness (QED) is 0.790. The van der Waals surface area contributed by atoms with Gasteiger partial charge >= 0.3 is 0 Å². The van der Waals surface area contributed by atoms with Gasteiger partial charge in [-0.3, -0.25) is 0 Å². The minimum atomic E-state index is 0.798. The van der Waals surface area contributed by atoms with Gasteiger partial charge in [0.25, 0.3) is 0 Å². The number of hydrogen-bond acceptors (Lipinski definition) is 4. The number of nitrogens with zero attached hydrogens (tertiary/aromatic N) is 4. The molecular formula is C8H16BrN5. The van der Waals surface area contributed by atoms with Gasteiger partial charge in [0.2, 0.25) is 0 Å². The number of anilines is 1. The van der Waals surface area contributed by atoms with Crippen LogP contribution in [0.4, 0.5) is 5.82 Å². The van der Waals surface area contributed by atoms with Crippen LogP contribution < -0.4 is 10.2 Å². The van der Waals surface area contributed by atoms with Crippen LogP contribution in [0, 0.1) is 0 Å². The molecular weight excluding hydrogens is 246 g/mol. The summed E-state index contributed by atoms with van der Waals surface area (Å²) in [6, 6.07) is 0. The summed E-state index contributed by atoms with van der Waals surface area (Å²) in [5.74, 6) is 1.01. The van der Waals surface area contributed by atoms with Gasteiger partial charge in [0.1, 0.15) is 0 Å². The lowest BCUT2D eigenvalue weighted by Crippen LogP contribution is -2.24. The van der Waals surface area contributed by atoms with Crippen LogP contribution in [-0.2, 0) is 7.05 Å². The van der Waals surface area contributed by atoms with Gasteiger partial charge in [-0.2, -0.15) is 0 Å². The molecule has 6 heteroatoms. The molecule has 0 radical (unpaired) electrons. The third-order valence-electron chi connectivity index (χ3n) is 2.04. The van der Waals surface area contributed by atoms with Crippen molar-refractivity contribution in [2.75, 3.05) is 32.1 Å². The number of nitrogens with one attached hydrogen (secondary N) is 1. The van der Waals surface area contributed by atoms with Gasteiger partial charge in [0, 0.05) is 20.6 Å². The van der Waals surface area contributed by atoms with Gasteiger partial charge in [0.15, 0.2) is 10.4 Å². The predicted octanol–water partition coefficient (Wildman–Crippen LogP) is 0.623. The lowest BCUT2D eigenvalue weighted by Gasteiger charge is -2.18. The fourth-order valence-corrected chi connectivity index (χ4v) is 1.96. The van der Waals surface area contributed by atoms with Crippen LogP contribution in [0.1, 0.15) is 6.42 Å². The van der Waals surface area contributed by atoms with E-state index in [1.165, 1.54) is 0 Å². The Hall–Kier alpha value is -0.620. The van der Waals surface area contributed by atoms with E-state index in [0.717, 1.165) is 29.9 Å². The van der Waals surface area contributed by atoms with E-state index in [4.69, 9.17) is 0 Å². The normalized spacial score (nSPS) is 10.6. The highest BCUT2D eigenvalue weighted by atomic mass is 79.9. The Morgan fingerprint density at radius 3 is 2.79 bits per heavy atom. The second-order valence-corrected chi connectivity index (χ2v) is 3.96. The van der Waals surface area contributed by atoms with E-state index >= 15 is 0 Å². The lowest BCUT2D eigenvalue weighted by molar-refractivity contribution is 0.671. The highest BCUT2D eigenvalue weighted by Gasteiger charge is 2.11. The summed E-state index contributed by atoms with van der Waals surface area (Å²) < 4.78 is 2.57. The maximum atomic E-state index is 3.94. The van der Waals surface area contributed by atoms with Gasteiger partial charge in [-0.05, 0) is 35.9 Å². The zero-order valence-corrected chi connectivity index (χ0v) is 10.4. The van der Waals surface area contributed by atoms with Crippen LogP contribution in [-0.4, -0.2) is 42.2 Å². The van der Waals surface area contributed by atoms with Crippen molar-refractivity contribution in [1.82, 2.24) is 20.3 Å². The SMILES string of the molecule is CNCCCN(C)c1c(Br)nnn1C. The molecule has 0 amide bonds. The Balaban J connectivity index is 2.55. The van der Waals surface area contributed by atoms with Crippen LogP contribution in [0.25, 0.3) is 0 Å². The van der Waals surface area contributed by atoms with Crippen LogP contribution in [0.3, 0.4) is 0 Å². The Morgan fingerprint density at radius 1 is 1.57 bits per heavy atom. The molecule has 14 heavy (non-hydrogen) atoms. The van der Waals surface area contributed by atoms with Crippen LogP contribution >= 0.6 is 15.9 Å². The van der Waals surface area contributed by atoms with E-state index in [9.17, 15) is 0 Å². The standard InChI is InChI=1S/C8H16BrN5/c1-10-5-4-6-13(2)8-7(9)11-12-14(8)3/h10H,4-6H2,1-3H3. The van der Waals surface area contributed by atoms with E-state index < -0.39 is 0 Å². The Labute approximate surface area is 92.6 Å². The summed E-state index contributed by atoms with van der Waals surface area (Å²) in [6.45, 7) is 2.01. The molecule has 1 aromatic rings. The maximum Gasteiger partial charge on any atom is 0.172 e. The highest BCUT2D eigenvalue weighted by Crippen LogP contribution is 2.21. The summed E-state index contributed by atoms with van der Waals surface area (Å²) in [7, 11) is 5.89. The molecule has 1 heterocycles. The topological polar surface area (TPSA) is 46.0 Å². The third kappa shape index (κ3) is 2.68. The van der Waals surface area contributed by atoms with Gasteiger partial charge in [0.05, 0.1) is 0 Å². The molecule has 0 aromatic carbocycles. The van der Waals surface area contributed by atoms with E-state index in [1.807, 2.05) is 21.1 Å². The Bertz CT molecular complexity index is 266. The first-order chi connectivity index (χ1) is 6.66. The molecule has 1 aromatic heterocycles. The van der Waals surface area contributed by atoms with Gasteiger partial charge < -0.3 is 10.2 Å². The van der Waals surface area contributed by atoms with Crippen LogP contribution in [0.2, 0.25) is 0 Å². The number of rotatable bonds is 5. The first-order valence-electron chi connectivity index (χ1n) is 4.57. The molecule has 0 saturated heterocycles. The molecule has 0 spiro atoms. The third-order valence-corrected chi connectivity index (χ3v) is 2.55. The highest BCUT2D eigenvalue weighted by molar-refractivity contribution is 9.10. The zero-order valence-electron chi connectivity index (χ0n) is 8.79. The van der Waals surface area contributed by atoms with Crippen LogP contribution in [0.5, 0.6) is 0 Å². The second kappa shape index (κ2) is 5.31. The first kappa shape index (κ1) is 11.5. The van der Waals surface area contributed by atoms with Crippen molar-refractivity contribution in [3.63, 3.8) is 0 Å². The maximum absolute atomic E-state index is 3.94. The molecule has 0 atom stereocenters. The average molecular weight is 262 g/mol. The van der Waals surface area contributed by atoms with Gasteiger partial charge in [-0.15, -0.1) is 5.10 Å². The molecule has 0 saturated carbocycles. The van der Waals surface area contributed by atoms with E-state index in [0.29, 0.717) is 0 Å². The Kier molecular flexibility index (Phi) is 4.34. The molecule has 0 unspecified atom stereocenters. The second-order valence-electron chi connectivity index (χ2n) is 3.21. The number of halogens is 1. The summed E-state index contributed by atoms with van der Waals surface area (Å²) in [5.41, 5.74) is 0. The van der Waals surface area contributed by atoms with E-state index in [2.05, 4.69) is 36.5 Å². The molecule has 0 fully saturated rings. The summed E-state index contributed by atoms with van der Waals surface area (Å²) >= 11 is 3.37. The van der Waals surface area contributed by atoms with Crippen molar-refractivity contribution in [2.45, 2.75) is 6.42 Å². The molecule has 1 rings (SSSR count). The van der Waals surface area contributed by atoms with Crippen molar-refractivity contribution >= 4 is 21.7 Å². The van der Waals surface area contributed by atoms with E-state index in [1.54, 1.807) is 4.68 Å². The number of aromatic nitrogens is 3. The first-order valence-corrected chi connectivity index (χ1v) is 5.37. The van der Waals surface area contributed by atoms with Crippen molar-refractivity contribution in [3.05, 3.63) is 4.60 Å². The molecule has 0 aliphatic rings. The monoisotopic (exact) mass is 261 g/mol. The molecule has 1 N–H and O–H groups in total. The fraction of sp³-hybridized carbons (Fsp3) is 0.750. The van der Waals surface area contributed by atoms with Crippen LogP contribution in [0.15, 0.2) is 4.60 Å². The number of aryl methyl sites for hydroxylation is 1. The smallest absolute Gasteiger partial charge is 0.172 e. The van der Waals surface area contributed by atoms with Crippen molar-refractivity contribution < 1.29 is 0 Å². The minimum absolute atomic E-state index is 0.798. The zero-order chi connectivity index (χ0) is 10.6. The van der Waals surface area contributed by atoms with E-state index in [-0.39, 0.29) is 0 Å². The molecule has 80 valence electrons. The van der Waals surface area contributed by atoms with Crippen molar-refractivity contribution in [2.24, 2.45) is 7.05 Å². The number of hydrogen-bond donors (Lipinski definition) is 1. The molecule has 0 aliphatic heterocycles. The fourth-order valence-electron chi connectivity index (χ4n) is 1.33. The summed E-state index contributed by atoms with van der Waals surface area (Å²) in [6.07, 6.45) is 1.10. The van der Waals surface area contributed by atoms with Crippen molar-refractivity contribution in [3.8, 4) is 0 Å².